The van der Waals surface area contributed by atoms with Crippen LogP contribution in [-0.2, 0) is 14.4 Å². The van der Waals surface area contributed by atoms with Gasteiger partial charge in [-0.05, 0) is 38.2 Å². The Labute approximate surface area is 219 Å². The Morgan fingerprint density at radius 3 is 1.47 bits per heavy atom. The van der Waals surface area contributed by atoms with Crippen molar-refractivity contribution in [3.63, 3.8) is 0 Å². The zero-order valence-electron chi connectivity index (χ0n) is 23.4. The summed E-state index contributed by atoms with van der Waals surface area (Å²) in [5.41, 5.74) is 0. The van der Waals surface area contributed by atoms with Gasteiger partial charge in [-0.3, -0.25) is 9.59 Å². The lowest BCUT2D eigenvalue weighted by molar-refractivity contribution is -0.929. The van der Waals surface area contributed by atoms with E-state index in [2.05, 4.69) is 13.0 Å². The smallest absolute Gasteiger partial charge is 0.312 e. The van der Waals surface area contributed by atoms with Gasteiger partial charge in [0.05, 0.1) is 32.1 Å². The molecule has 210 valence electrons. The number of nitrogens with zero attached hydrogens (tertiary/aromatic N) is 1. The Balaban J connectivity index is 5.36. The second kappa shape index (κ2) is 20.2. The van der Waals surface area contributed by atoms with Gasteiger partial charge in [-0.15, -0.1) is 0 Å². The van der Waals surface area contributed by atoms with E-state index in [9.17, 15) is 29.7 Å². The lowest BCUT2D eigenvalue weighted by Gasteiger charge is -2.43. The van der Waals surface area contributed by atoms with E-state index in [1.807, 2.05) is 6.08 Å². The Morgan fingerprint density at radius 1 is 0.667 bits per heavy atom. The molecule has 0 aromatic carbocycles. The van der Waals surface area contributed by atoms with Crippen LogP contribution in [0.15, 0.2) is 12.2 Å². The van der Waals surface area contributed by atoms with Crippen molar-refractivity contribution in [1.82, 2.24) is 0 Å². The number of aliphatic carboxylic acids is 3. The molecule has 0 heterocycles. The molecule has 3 unspecified atom stereocenters. The van der Waals surface area contributed by atoms with Crippen molar-refractivity contribution in [2.45, 2.75) is 111 Å². The molecule has 0 amide bonds. The van der Waals surface area contributed by atoms with E-state index in [0.717, 1.165) is 12.8 Å². The molecule has 0 spiro atoms. The molecule has 0 bridgehead atoms. The van der Waals surface area contributed by atoms with Crippen LogP contribution in [0.1, 0.15) is 111 Å². The third-order valence-electron chi connectivity index (χ3n) is 7.47. The first-order chi connectivity index (χ1) is 17.2. The van der Waals surface area contributed by atoms with Crippen LogP contribution in [-0.4, -0.2) is 58.8 Å². The Bertz CT molecular complexity index is 588. The van der Waals surface area contributed by atoms with Crippen LogP contribution < -0.4 is 5.11 Å². The Morgan fingerprint density at radius 2 is 1.08 bits per heavy atom. The van der Waals surface area contributed by atoms with Crippen molar-refractivity contribution in [3.8, 4) is 0 Å². The van der Waals surface area contributed by atoms with Crippen LogP contribution in [0, 0.1) is 17.8 Å². The highest BCUT2D eigenvalue weighted by Gasteiger charge is 2.38. The standard InChI is InChI=1S/C29H53NO6/c1-5-9-10-11-12-13-14-15-16-17-18-19-20-30(21-24(6-2)27(31)32,22-25(7-3)28(33)34)23-26(8-4)29(35)36/h18-19,24-26H,5-17,20-23H2,1-4H3,(H2-,31,32,33,34,35,36)/b19-18+. The molecule has 0 aromatic rings. The zero-order chi connectivity index (χ0) is 27.4. The first kappa shape index (κ1) is 34.1. The summed E-state index contributed by atoms with van der Waals surface area (Å²) in [4.78, 5) is 35.6. The largest absolute Gasteiger partial charge is 0.550 e. The molecule has 0 saturated carbocycles. The quantitative estimate of drug-likeness (QED) is 0.104. The van der Waals surface area contributed by atoms with Gasteiger partial charge in [-0.25, -0.2) is 0 Å². The lowest BCUT2D eigenvalue weighted by atomic mass is 9.96. The summed E-state index contributed by atoms with van der Waals surface area (Å²) in [6.45, 7) is 8.63. The monoisotopic (exact) mass is 511 g/mol. The molecule has 0 aromatic heterocycles. The van der Waals surface area contributed by atoms with Crippen molar-refractivity contribution in [1.29, 1.82) is 0 Å². The molecule has 7 nitrogen and oxygen atoms in total. The van der Waals surface area contributed by atoms with Crippen molar-refractivity contribution in [2.24, 2.45) is 17.8 Å². The van der Waals surface area contributed by atoms with Crippen molar-refractivity contribution < 1.29 is 34.2 Å². The number of carboxylic acids is 3. The average Bonchev–Trinajstić information content (AvgIpc) is 2.84. The van der Waals surface area contributed by atoms with Crippen LogP contribution in [0.25, 0.3) is 0 Å². The van der Waals surface area contributed by atoms with Crippen LogP contribution in [0.2, 0.25) is 0 Å². The fourth-order valence-electron chi connectivity index (χ4n) is 4.97. The Kier molecular flexibility index (Phi) is 19.1. The maximum atomic E-state index is 11.9. The van der Waals surface area contributed by atoms with Gasteiger partial charge in [-0.1, -0.05) is 85.1 Å². The summed E-state index contributed by atoms with van der Waals surface area (Å²) in [6, 6.07) is 0. The molecule has 0 aliphatic carbocycles. The van der Waals surface area contributed by atoms with Crippen LogP contribution in [0.3, 0.4) is 0 Å². The summed E-state index contributed by atoms with van der Waals surface area (Å²) in [5, 5.41) is 31.3. The highest BCUT2D eigenvalue weighted by atomic mass is 16.4. The topological polar surface area (TPSA) is 115 Å². The number of hydrogen-bond acceptors (Lipinski definition) is 4. The lowest BCUT2D eigenvalue weighted by Crippen LogP contribution is -2.59. The number of carbonyl (C=O) groups excluding carboxylic acids is 1. The van der Waals surface area contributed by atoms with Gasteiger partial charge < -0.3 is 24.6 Å². The molecular formula is C29H53NO6. The van der Waals surface area contributed by atoms with Gasteiger partial charge in [0.15, 0.2) is 0 Å². The third-order valence-corrected chi connectivity index (χ3v) is 7.47. The van der Waals surface area contributed by atoms with E-state index in [0.29, 0.717) is 25.8 Å². The van der Waals surface area contributed by atoms with E-state index in [-0.39, 0.29) is 24.1 Å². The van der Waals surface area contributed by atoms with Crippen molar-refractivity contribution in [3.05, 3.63) is 12.2 Å². The summed E-state index contributed by atoms with van der Waals surface area (Å²) in [7, 11) is 0. The van der Waals surface area contributed by atoms with Gasteiger partial charge in [0.2, 0.25) is 0 Å². The maximum absolute atomic E-state index is 11.9. The minimum atomic E-state index is -1.16. The van der Waals surface area contributed by atoms with Crippen LogP contribution >= 0.6 is 0 Å². The molecule has 0 fully saturated rings. The molecule has 7 heteroatoms. The van der Waals surface area contributed by atoms with Gasteiger partial charge in [0.25, 0.3) is 0 Å². The van der Waals surface area contributed by atoms with Gasteiger partial charge in [0, 0.05) is 5.92 Å². The van der Waals surface area contributed by atoms with Gasteiger partial charge in [-0.2, -0.15) is 0 Å². The molecule has 0 radical (unpaired) electrons. The van der Waals surface area contributed by atoms with E-state index in [1.54, 1.807) is 20.8 Å². The van der Waals surface area contributed by atoms with Crippen molar-refractivity contribution in [2.75, 3.05) is 26.2 Å². The minimum Gasteiger partial charge on any atom is -0.550 e. The predicted octanol–water partition coefficient (Wildman–Crippen LogP) is 5.28. The van der Waals surface area contributed by atoms with Crippen molar-refractivity contribution >= 4 is 17.9 Å². The van der Waals surface area contributed by atoms with E-state index >= 15 is 0 Å². The summed E-state index contributed by atoms with van der Waals surface area (Å²) < 4.78 is 0.135. The van der Waals surface area contributed by atoms with Crippen LogP contribution in [0.5, 0.6) is 0 Å². The molecular weight excluding hydrogens is 458 g/mol. The highest BCUT2D eigenvalue weighted by Crippen LogP contribution is 2.24. The SMILES string of the molecule is CCCCCCCCCCC/C=C/C[N+](CC(CC)C(=O)[O-])(CC(CC)C(=O)O)CC(CC)C(=O)O. The minimum absolute atomic E-state index is 0.135. The number of hydrogen-bond donors (Lipinski definition) is 2. The Hall–Kier alpha value is -1.89. The fourth-order valence-corrected chi connectivity index (χ4v) is 4.97. The second-order valence-electron chi connectivity index (χ2n) is 10.5. The number of allylic oxidation sites excluding steroid dienone is 1. The number of quaternary nitrogens is 1. The first-order valence-electron chi connectivity index (χ1n) is 14.3. The predicted molar refractivity (Wildman–Crippen MR) is 142 cm³/mol. The maximum Gasteiger partial charge on any atom is 0.312 e. The normalized spacial score (nSPS) is 15.9. The average molecular weight is 512 g/mol. The second-order valence-corrected chi connectivity index (χ2v) is 10.5. The van der Waals surface area contributed by atoms with Gasteiger partial charge in [0.1, 0.15) is 11.8 Å². The van der Waals surface area contributed by atoms with Gasteiger partial charge >= 0.3 is 11.9 Å². The summed E-state index contributed by atoms with van der Waals surface area (Å²) in [6.07, 6.45) is 17.5. The number of carbonyl (C=O) groups is 3. The third kappa shape index (κ3) is 14.6. The highest BCUT2D eigenvalue weighted by molar-refractivity contribution is 5.71. The fraction of sp³-hybridized carbons (Fsp3) is 0.828. The molecule has 2 N–H and O–H groups in total. The molecule has 0 aliphatic rings. The summed E-state index contributed by atoms with van der Waals surface area (Å²) >= 11 is 0. The number of carboxylic acid groups (broad SMARTS) is 3. The molecule has 0 aliphatic heterocycles. The molecule has 0 rings (SSSR count). The molecule has 0 saturated heterocycles. The molecule has 36 heavy (non-hydrogen) atoms. The molecule has 3 atom stereocenters. The number of rotatable bonds is 24. The van der Waals surface area contributed by atoms with E-state index in [1.165, 1.54) is 51.4 Å². The first-order valence-corrected chi connectivity index (χ1v) is 14.3. The zero-order valence-corrected chi connectivity index (χ0v) is 23.4. The number of unbranched alkanes of at least 4 members (excludes halogenated alkanes) is 9. The van der Waals surface area contributed by atoms with E-state index in [4.69, 9.17) is 0 Å². The van der Waals surface area contributed by atoms with Crippen LogP contribution in [0.4, 0.5) is 0 Å². The summed E-state index contributed by atoms with van der Waals surface area (Å²) in [5.74, 6) is -5.10. The van der Waals surface area contributed by atoms with E-state index < -0.39 is 35.7 Å².